The molecule has 1 aromatic heterocycles. The van der Waals surface area contributed by atoms with Crippen molar-refractivity contribution >= 4 is 30.5 Å². The van der Waals surface area contributed by atoms with Gasteiger partial charge in [-0.25, -0.2) is 4.79 Å². The number of esters is 1. The highest BCUT2D eigenvalue weighted by Crippen LogP contribution is 2.59. The second kappa shape index (κ2) is 8.44. The van der Waals surface area contributed by atoms with E-state index in [1.807, 2.05) is 0 Å². The molecule has 0 unspecified atom stereocenters. The summed E-state index contributed by atoms with van der Waals surface area (Å²) >= 11 is 1.28. The lowest BCUT2D eigenvalue weighted by molar-refractivity contribution is -0.136. The molecule has 0 N–H and O–H groups in total. The molecule has 0 radical (unpaired) electrons. The topological polar surface area (TPSA) is 61.8 Å². The first-order chi connectivity index (χ1) is 10.00. The Hall–Kier alpha value is -1.01. The van der Waals surface area contributed by atoms with Gasteiger partial charge in [0.05, 0.1) is 19.8 Å². The van der Waals surface area contributed by atoms with Gasteiger partial charge in [-0.3, -0.25) is 4.57 Å². The van der Waals surface area contributed by atoms with E-state index in [0.29, 0.717) is 0 Å². The number of rotatable bonds is 8. The highest BCUT2D eigenvalue weighted by atomic mass is 32.1. The molecule has 0 amide bonds. The van der Waals surface area contributed by atoms with Crippen molar-refractivity contribution in [3.63, 3.8) is 0 Å². The molecule has 1 aromatic rings. The number of thiophene rings is 1. The standard InChI is InChI=1S/C13H18FO5PS/c1-4-17-13(15)11(10-7-8-21-9-10)12(14)20(16,18-5-2)19-6-3/h7-9H,4-6H2,1-3H3/b12-11+. The summed E-state index contributed by atoms with van der Waals surface area (Å²) in [5.74, 6) is -0.895. The minimum atomic E-state index is -4.17. The monoisotopic (exact) mass is 336 g/mol. The highest BCUT2D eigenvalue weighted by Gasteiger charge is 2.37. The summed E-state index contributed by atoms with van der Waals surface area (Å²) in [7, 11) is -4.17. The number of ether oxygens (including phenoxy) is 1. The summed E-state index contributed by atoms with van der Waals surface area (Å²) in [6.07, 6.45) is 0. The first-order valence-corrected chi connectivity index (χ1v) is 8.97. The number of carbonyl (C=O) groups is 1. The van der Waals surface area contributed by atoms with E-state index in [1.54, 1.807) is 37.6 Å². The van der Waals surface area contributed by atoms with E-state index in [9.17, 15) is 13.8 Å². The maximum absolute atomic E-state index is 14.7. The van der Waals surface area contributed by atoms with Gasteiger partial charge in [-0.1, -0.05) is 0 Å². The molecule has 0 bridgehead atoms. The van der Waals surface area contributed by atoms with Crippen LogP contribution in [-0.2, 0) is 23.1 Å². The zero-order valence-electron chi connectivity index (χ0n) is 12.1. The SMILES string of the molecule is CCOC(=O)/C(=C(\F)P(=O)(OCC)OCC)c1ccsc1. The summed E-state index contributed by atoms with van der Waals surface area (Å²) in [6, 6.07) is 1.54. The molecule has 1 rings (SSSR count). The molecule has 0 saturated heterocycles. The van der Waals surface area contributed by atoms with E-state index in [4.69, 9.17) is 13.8 Å². The van der Waals surface area contributed by atoms with Crippen LogP contribution in [0.5, 0.6) is 0 Å². The smallest absolute Gasteiger partial charge is 0.390 e. The third kappa shape index (κ3) is 4.48. The van der Waals surface area contributed by atoms with Gasteiger partial charge in [-0.05, 0) is 37.6 Å². The molecule has 0 saturated carbocycles. The molecule has 0 aliphatic rings. The Morgan fingerprint density at radius 3 is 2.29 bits per heavy atom. The Balaban J connectivity index is 3.38. The lowest BCUT2D eigenvalue weighted by Crippen LogP contribution is -2.09. The summed E-state index contributed by atoms with van der Waals surface area (Å²) in [4.78, 5) is 12.0. The molecule has 5 nitrogen and oxygen atoms in total. The quantitative estimate of drug-likeness (QED) is 0.404. The van der Waals surface area contributed by atoms with E-state index < -0.39 is 24.7 Å². The third-order valence-corrected chi connectivity index (χ3v) is 4.92. The Kier molecular flexibility index (Phi) is 7.25. The zero-order chi connectivity index (χ0) is 15.9. The van der Waals surface area contributed by atoms with Gasteiger partial charge >= 0.3 is 13.6 Å². The normalized spacial score (nSPS) is 13.0. The summed E-state index contributed by atoms with van der Waals surface area (Å²) < 4.78 is 41.9. The fourth-order valence-corrected chi connectivity index (χ4v) is 3.68. The van der Waals surface area contributed by atoms with Crippen LogP contribution >= 0.6 is 18.9 Å². The van der Waals surface area contributed by atoms with E-state index in [1.165, 1.54) is 11.3 Å². The van der Waals surface area contributed by atoms with Crippen molar-refractivity contribution in [1.29, 1.82) is 0 Å². The van der Waals surface area contributed by atoms with Crippen LogP contribution in [0.25, 0.3) is 5.57 Å². The number of hydrogen-bond donors (Lipinski definition) is 0. The zero-order valence-corrected chi connectivity index (χ0v) is 13.8. The molecule has 0 aliphatic carbocycles. The lowest BCUT2D eigenvalue weighted by Gasteiger charge is -2.17. The van der Waals surface area contributed by atoms with Crippen LogP contribution < -0.4 is 0 Å². The van der Waals surface area contributed by atoms with Gasteiger partial charge in [0.15, 0.2) is 0 Å². The average molecular weight is 336 g/mol. The molecular weight excluding hydrogens is 318 g/mol. The molecule has 8 heteroatoms. The summed E-state index contributed by atoms with van der Waals surface area (Å²) in [6.45, 7) is 4.79. The van der Waals surface area contributed by atoms with Gasteiger partial charge in [0.2, 0.25) is 5.57 Å². The average Bonchev–Trinajstić information content (AvgIpc) is 2.93. The second-order valence-corrected chi connectivity index (χ2v) is 6.42. The predicted molar refractivity (Wildman–Crippen MR) is 79.8 cm³/mol. The van der Waals surface area contributed by atoms with Gasteiger partial charge in [-0.15, -0.1) is 0 Å². The molecule has 0 aliphatic heterocycles. The van der Waals surface area contributed by atoms with Crippen molar-refractivity contribution in [2.45, 2.75) is 20.8 Å². The summed E-state index contributed by atoms with van der Waals surface area (Å²) in [5, 5.41) is 3.24. The van der Waals surface area contributed by atoms with Crippen molar-refractivity contribution < 1.29 is 27.5 Å². The van der Waals surface area contributed by atoms with Gasteiger partial charge in [0.25, 0.3) is 0 Å². The first kappa shape index (κ1) is 18.0. The predicted octanol–water partition coefficient (Wildman–Crippen LogP) is 4.22. The van der Waals surface area contributed by atoms with Crippen molar-refractivity contribution in [2.75, 3.05) is 19.8 Å². The van der Waals surface area contributed by atoms with Crippen LogP contribution in [0.1, 0.15) is 26.3 Å². The van der Waals surface area contributed by atoms with E-state index >= 15 is 0 Å². The highest BCUT2D eigenvalue weighted by molar-refractivity contribution is 7.58. The molecular formula is C13H18FO5PS. The molecule has 0 fully saturated rings. The molecule has 118 valence electrons. The lowest BCUT2D eigenvalue weighted by atomic mass is 10.1. The third-order valence-electron chi connectivity index (χ3n) is 2.33. The van der Waals surface area contributed by atoms with Crippen LogP contribution in [0.15, 0.2) is 22.4 Å². The number of hydrogen-bond acceptors (Lipinski definition) is 6. The van der Waals surface area contributed by atoms with Crippen LogP contribution in [0.3, 0.4) is 0 Å². The van der Waals surface area contributed by atoms with Gasteiger partial charge in [0, 0.05) is 5.56 Å². The van der Waals surface area contributed by atoms with Crippen LogP contribution in [0, 0.1) is 0 Å². The molecule has 0 atom stereocenters. The first-order valence-electron chi connectivity index (χ1n) is 6.49. The minimum Gasteiger partial charge on any atom is -0.462 e. The maximum atomic E-state index is 14.7. The van der Waals surface area contributed by atoms with Crippen molar-refractivity contribution in [2.24, 2.45) is 0 Å². The molecule has 0 aromatic carbocycles. The van der Waals surface area contributed by atoms with E-state index in [0.717, 1.165) is 0 Å². The molecule has 0 spiro atoms. The van der Waals surface area contributed by atoms with E-state index in [2.05, 4.69) is 0 Å². The number of carbonyl (C=O) groups excluding carboxylic acids is 1. The summed E-state index contributed by atoms with van der Waals surface area (Å²) in [5.41, 5.74) is -1.35. The van der Waals surface area contributed by atoms with E-state index in [-0.39, 0.29) is 25.4 Å². The second-order valence-electron chi connectivity index (χ2n) is 3.73. The van der Waals surface area contributed by atoms with Gasteiger partial charge in [-0.2, -0.15) is 15.7 Å². The largest absolute Gasteiger partial charge is 0.462 e. The van der Waals surface area contributed by atoms with Crippen molar-refractivity contribution in [3.8, 4) is 0 Å². The fraction of sp³-hybridized carbons (Fsp3) is 0.462. The van der Waals surface area contributed by atoms with Crippen molar-refractivity contribution in [3.05, 3.63) is 28.0 Å². The fourth-order valence-electron chi connectivity index (χ4n) is 1.56. The minimum absolute atomic E-state index is 0.00948. The van der Waals surface area contributed by atoms with Gasteiger partial charge in [0.1, 0.15) is 5.57 Å². The number of halogens is 1. The maximum Gasteiger partial charge on any atom is 0.390 e. The Bertz CT molecular complexity index is 531. The Morgan fingerprint density at radius 1 is 1.24 bits per heavy atom. The Labute approximate surface area is 127 Å². The van der Waals surface area contributed by atoms with Crippen LogP contribution in [-0.4, -0.2) is 25.8 Å². The van der Waals surface area contributed by atoms with Crippen LogP contribution in [0.4, 0.5) is 4.39 Å². The molecule has 21 heavy (non-hydrogen) atoms. The van der Waals surface area contributed by atoms with Gasteiger partial charge < -0.3 is 13.8 Å². The van der Waals surface area contributed by atoms with Crippen molar-refractivity contribution in [1.82, 2.24) is 0 Å². The van der Waals surface area contributed by atoms with Crippen LogP contribution in [0.2, 0.25) is 0 Å². The molecule has 1 heterocycles. The Morgan fingerprint density at radius 2 is 1.86 bits per heavy atom.